The van der Waals surface area contributed by atoms with Gasteiger partial charge in [-0.05, 0) is 79.6 Å². The number of urea groups is 1. The Labute approximate surface area is 201 Å². The van der Waals surface area contributed by atoms with Crippen molar-refractivity contribution in [2.45, 2.75) is 58.5 Å². The number of nitrogen functional groups attached to an aromatic ring is 1. The van der Waals surface area contributed by atoms with Gasteiger partial charge in [0.1, 0.15) is 11.1 Å². The first-order valence-corrected chi connectivity index (χ1v) is 12.4. The number of nitrogens with zero attached hydrogens (tertiary/aromatic N) is 4. The Kier molecular flexibility index (Phi) is 7.13. The van der Waals surface area contributed by atoms with Crippen LogP contribution in [0.5, 0.6) is 0 Å². The van der Waals surface area contributed by atoms with E-state index in [1.807, 2.05) is 46.7 Å². The van der Waals surface area contributed by atoms with Crippen molar-refractivity contribution in [1.29, 1.82) is 5.26 Å². The number of imide groups is 1. The average Bonchev–Trinajstić information content (AvgIpc) is 3.05. The molecule has 33 heavy (non-hydrogen) atoms. The molecule has 3 N–H and O–H groups in total. The molecule has 0 radical (unpaired) electrons. The fourth-order valence-electron chi connectivity index (χ4n) is 5.23. The number of carbonyl (C=O) groups is 2. The van der Waals surface area contributed by atoms with Gasteiger partial charge in [0.05, 0.1) is 11.0 Å². The van der Waals surface area contributed by atoms with E-state index in [0.717, 1.165) is 18.4 Å². The quantitative estimate of drug-likeness (QED) is 0.679. The number of likely N-dealkylation sites (N-methyl/N-ethyl adjacent to an activating group) is 2. The number of fused-ring (bicyclic) bond motifs is 2. The largest absolute Gasteiger partial charge is 0.389 e. The number of hydrogen-bond acceptors (Lipinski definition) is 7. The molecule has 3 atom stereocenters. The van der Waals surface area contributed by atoms with Gasteiger partial charge in [0.25, 0.3) is 0 Å². The molecular weight excluding hydrogens is 436 g/mol. The molecule has 0 aromatic carbocycles. The molecule has 0 saturated carbocycles. The van der Waals surface area contributed by atoms with E-state index in [2.05, 4.69) is 23.3 Å². The van der Waals surface area contributed by atoms with Crippen molar-refractivity contribution in [3.8, 4) is 6.07 Å². The Bertz CT molecular complexity index is 965. The lowest BCUT2D eigenvalue weighted by Crippen LogP contribution is -2.60. The van der Waals surface area contributed by atoms with Gasteiger partial charge in [-0.25, -0.2) is 4.79 Å². The van der Waals surface area contributed by atoms with Gasteiger partial charge in [-0.1, -0.05) is 0 Å². The fraction of sp³-hybridized carbons (Fsp3) is 0.708. The summed E-state index contributed by atoms with van der Waals surface area (Å²) < 4.78 is 0. The van der Waals surface area contributed by atoms with Crippen molar-refractivity contribution in [1.82, 2.24) is 20.0 Å². The molecule has 3 rings (SSSR count). The van der Waals surface area contributed by atoms with E-state index in [0.29, 0.717) is 42.7 Å². The molecule has 8 nitrogen and oxygen atoms in total. The number of amides is 3. The van der Waals surface area contributed by atoms with E-state index in [9.17, 15) is 14.9 Å². The third-order valence-corrected chi connectivity index (χ3v) is 8.80. The van der Waals surface area contributed by atoms with Crippen molar-refractivity contribution < 1.29 is 9.59 Å². The summed E-state index contributed by atoms with van der Waals surface area (Å²) in [6.45, 7) is 9.28. The summed E-state index contributed by atoms with van der Waals surface area (Å²) in [5.74, 6) is 0.104. The molecule has 9 heteroatoms. The van der Waals surface area contributed by atoms with Crippen LogP contribution in [-0.2, 0) is 17.6 Å². The van der Waals surface area contributed by atoms with Crippen LogP contribution in [0.1, 0.15) is 50.1 Å². The Balaban J connectivity index is 1.78. The maximum Gasteiger partial charge on any atom is 0.324 e. The summed E-state index contributed by atoms with van der Waals surface area (Å²) in [7, 11) is 6.00. The molecule has 1 saturated heterocycles. The summed E-state index contributed by atoms with van der Waals surface area (Å²) >= 11 is 1.52. The highest BCUT2D eigenvalue weighted by Crippen LogP contribution is 2.46. The second-order valence-corrected chi connectivity index (χ2v) is 11.8. The SMILES string of the molecule is CCN(C(=O)NCC(C)(C)N(C)C)C(=O)C1(C)C[C@@H]2Cc3c(sc(N)c3C#N)C[C@H]2N(C)C1. The van der Waals surface area contributed by atoms with Gasteiger partial charge in [0.15, 0.2) is 0 Å². The minimum atomic E-state index is -0.674. The third-order valence-electron chi connectivity index (χ3n) is 7.72. The van der Waals surface area contributed by atoms with Crippen LogP contribution in [0.2, 0.25) is 0 Å². The first-order valence-electron chi connectivity index (χ1n) is 11.6. The summed E-state index contributed by atoms with van der Waals surface area (Å²) in [6.07, 6.45) is 2.29. The molecule has 0 spiro atoms. The number of nitrogens with one attached hydrogen (secondary N) is 1. The van der Waals surface area contributed by atoms with E-state index >= 15 is 0 Å². The van der Waals surface area contributed by atoms with Gasteiger partial charge >= 0.3 is 6.03 Å². The molecule has 1 aromatic heterocycles. The summed E-state index contributed by atoms with van der Waals surface area (Å²) in [5, 5.41) is 13.1. The number of piperidine rings is 1. The molecule has 1 unspecified atom stereocenters. The number of nitrogens with two attached hydrogens (primary N) is 1. The second-order valence-electron chi connectivity index (χ2n) is 10.7. The molecule has 182 valence electrons. The van der Waals surface area contributed by atoms with Crippen molar-refractivity contribution in [2.24, 2.45) is 11.3 Å². The standard InChI is InChI=1S/C24H38N6O2S/c1-8-30(22(32)27-13-23(2,3)28(5)6)21(31)24(4)11-15-9-16-17(12-25)20(26)33-19(16)10-18(15)29(7)14-24/h15,18H,8-11,13-14,26H2,1-7H3,(H,27,32)/t15-,18+,24?/m0/s1. The van der Waals surface area contributed by atoms with Crippen molar-refractivity contribution >= 4 is 28.3 Å². The van der Waals surface area contributed by atoms with Gasteiger partial charge in [-0.15, -0.1) is 11.3 Å². The van der Waals surface area contributed by atoms with Crippen LogP contribution in [0.15, 0.2) is 0 Å². The molecule has 3 amide bonds. The van der Waals surface area contributed by atoms with Crippen LogP contribution in [0, 0.1) is 22.7 Å². The van der Waals surface area contributed by atoms with Gasteiger partial charge < -0.3 is 20.9 Å². The van der Waals surface area contributed by atoms with E-state index < -0.39 is 5.41 Å². The number of hydrogen-bond donors (Lipinski definition) is 2. The van der Waals surface area contributed by atoms with Gasteiger partial charge in [0, 0.05) is 36.1 Å². The number of thiophene rings is 1. The van der Waals surface area contributed by atoms with Crippen molar-refractivity contribution in [2.75, 3.05) is 46.5 Å². The zero-order chi connectivity index (χ0) is 24.7. The molecule has 0 bridgehead atoms. The third kappa shape index (κ3) is 4.75. The Morgan fingerprint density at radius 2 is 2.03 bits per heavy atom. The predicted molar refractivity (Wildman–Crippen MR) is 132 cm³/mol. The normalized spacial score (nSPS) is 25.2. The predicted octanol–water partition coefficient (Wildman–Crippen LogP) is 2.53. The van der Waals surface area contributed by atoms with E-state index in [1.54, 1.807) is 0 Å². The Hall–Kier alpha value is -2.15. The highest BCUT2D eigenvalue weighted by Gasteiger charge is 2.49. The van der Waals surface area contributed by atoms with Crippen LogP contribution in [0.3, 0.4) is 0 Å². The molecule has 2 heterocycles. The highest BCUT2D eigenvalue weighted by atomic mass is 32.1. The minimum absolute atomic E-state index is 0.133. The van der Waals surface area contributed by atoms with Gasteiger partial charge in [-0.2, -0.15) is 5.26 Å². The molecule has 1 aromatic rings. The number of anilines is 1. The first kappa shape index (κ1) is 25.5. The van der Waals surface area contributed by atoms with Crippen LogP contribution in [0.4, 0.5) is 9.80 Å². The Morgan fingerprint density at radius 1 is 1.36 bits per heavy atom. The zero-order valence-corrected chi connectivity index (χ0v) is 21.8. The number of rotatable bonds is 5. The maximum absolute atomic E-state index is 13.7. The van der Waals surface area contributed by atoms with Crippen LogP contribution in [0.25, 0.3) is 0 Å². The molecular formula is C24H38N6O2S. The average molecular weight is 475 g/mol. The lowest BCUT2D eigenvalue weighted by Gasteiger charge is -2.50. The lowest BCUT2D eigenvalue weighted by atomic mass is 9.68. The number of likely N-dealkylation sites (tertiary alicyclic amines) is 1. The first-order chi connectivity index (χ1) is 15.3. The van der Waals surface area contributed by atoms with Crippen LogP contribution < -0.4 is 11.1 Å². The Morgan fingerprint density at radius 3 is 2.61 bits per heavy atom. The summed E-state index contributed by atoms with van der Waals surface area (Å²) in [5.41, 5.74) is 6.87. The molecule has 1 fully saturated rings. The monoisotopic (exact) mass is 474 g/mol. The van der Waals surface area contributed by atoms with Crippen molar-refractivity contribution in [3.05, 3.63) is 16.0 Å². The highest BCUT2D eigenvalue weighted by molar-refractivity contribution is 7.16. The second kappa shape index (κ2) is 9.24. The van der Waals surface area contributed by atoms with Gasteiger partial charge in [-0.3, -0.25) is 9.69 Å². The van der Waals surface area contributed by atoms with Crippen molar-refractivity contribution in [3.63, 3.8) is 0 Å². The van der Waals surface area contributed by atoms with E-state index in [4.69, 9.17) is 5.73 Å². The number of carbonyl (C=O) groups excluding carboxylic acids is 2. The van der Waals surface area contributed by atoms with Crippen LogP contribution >= 0.6 is 11.3 Å². The van der Waals surface area contributed by atoms with E-state index in [1.165, 1.54) is 21.1 Å². The smallest absolute Gasteiger partial charge is 0.324 e. The summed E-state index contributed by atoms with van der Waals surface area (Å²) in [4.78, 5) is 33.6. The minimum Gasteiger partial charge on any atom is -0.389 e. The topological polar surface area (TPSA) is 106 Å². The number of nitriles is 1. The molecule has 2 aliphatic rings. The van der Waals surface area contributed by atoms with E-state index in [-0.39, 0.29) is 23.4 Å². The van der Waals surface area contributed by atoms with Crippen LogP contribution in [-0.4, -0.2) is 79.0 Å². The zero-order valence-electron chi connectivity index (χ0n) is 21.0. The maximum atomic E-state index is 13.7. The van der Waals surface area contributed by atoms with Gasteiger partial charge in [0.2, 0.25) is 5.91 Å². The molecule has 1 aliphatic carbocycles. The summed E-state index contributed by atoms with van der Waals surface area (Å²) in [6, 6.07) is 2.24. The molecule has 1 aliphatic heterocycles. The lowest BCUT2D eigenvalue weighted by molar-refractivity contribution is -0.144. The fourth-order valence-corrected chi connectivity index (χ4v) is 6.33.